The van der Waals surface area contributed by atoms with E-state index >= 15 is 0 Å². The van der Waals surface area contributed by atoms with Crippen molar-refractivity contribution >= 4 is 46.2 Å². The molecule has 0 unspecified atom stereocenters. The summed E-state index contributed by atoms with van der Waals surface area (Å²) in [6, 6.07) is 5.00. The number of rotatable bonds is 7. The number of anilines is 1. The molecule has 0 amide bonds. The van der Waals surface area contributed by atoms with E-state index in [9.17, 15) is 10.1 Å². The zero-order chi connectivity index (χ0) is 15.2. The largest absolute Gasteiger partial charge is 0.385 e. The second-order valence-corrected chi connectivity index (χ2v) is 7.39. The molecule has 1 aromatic heterocycles. The first-order valence-electron chi connectivity index (χ1n) is 6.21. The number of nitrogens with zero attached hydrogens (tertiary/aromatic N) is 3. The van der Waals surface area contributed by atoms with Crippen LogP contribution in [0.2, 0.25) is 0 Å². The highest BCUT2D eigenvalue weighted by molar-refractivity contribution is 8.03. The number of benzene rings is 1. The van der Waals surface area contributed by atoms with Gasteiger partial charge in [-0.1, -0.05) is 41.8 Å². The molecule has 0 aliphatic rings. The van der Waals surface area contributed by atoms with E-state index in [4.69, 9.17) is 0 Å². The average molecular weight is 342 g/mol. The lowest BCUT2D eigenvalue weighted by Gasteiger charge is -2.06. The number of aromatic nitrogens is 2. The summed E-state index contributed by atoms with van der Waals surface area (Å²) in [4.78, 5) is 11.4. The Morgan fingerprint density at radius 2 is 2.10 bits per heavy atom. The number of nitrogens with one attached hydrogen (secondary N) is 1. The van der Waals surface area contributed by atoms with Crippen LogP contribution in [0.1, 0.15) is 13.3 Å². The van der Waals surface area contributed by atoms with Gasteiger partial charge in [0.15, 0.2) is 8.68 Å². The van der Waals surface area contributed by atoms with Gasteiger partial charge < -0.3 is 5.32 Å². The predicted octanol–water partition coefficient (Wildman–Crippen LogP) is 4.14. The van der Waals surface area contributed by atoms with Crippen molar-refractivity contribution in [2.24, 2.45) is 0 Å². The van der Waals surface area contributed by atoms with Crippen LogP contribution < -0.4 is 5.32 Å². The van der Waals surface area contributed by atoms with Crippen molar-refractivity contribution in [3.63, 3.8) is 0 Å². The third-order valence-corrected chi connectivity index (χ3v) is 5.37. The average Bonchev–Trinajstić information content (AvgIpc) is 2.92. The van der Waals surface area contributed by atoms with Crippen molar-refractivity contribution in [1.82, 2.24) is 10.2 Å². The molecule has 9 heteroatoms. The second-order valence-electron chi connectivity index (χ2n) is 4.04. The molecule has 1 aromatic carbocycles. The van der Waals surface area contributed by atoms with E-state index in [2.05, 4.69) is 15.5 Å². The Morgan fingerprint density at radius 1 is 1.33 bits per heavy atom. The number of nitro benzene ring substituents is 1. The van der Waals surface area contributed by atoms with Crippen molar-refractivity contribution in [2.45, 2.75) is 26.9 Å². The van der Waals surface area contributed by atoms with Crippen LogP contribution >= 0.6 is 34.9 Å². The molecule has 0 radical (unpaired) electrons. The molecule has 0 aliphatic carbocycles. The molecule has 0 spiro atoms. The maximum absolute atomic E-state index is 11.0. The highest BCUT2D eigenvalue weighted by atomic mass is 32.2. The zero-order valence-corrected chi connectivity index (χ0v) is 14.0. The summed E-state index contributed by atoms with van der Waals surface area (Å²) >= 11 is 4.40. The minimum Gasteiger partial charge on any atom is -0.385 e. The van der Waals surface area contributed by atoms with Crippen molar-refractivity contribution in [3.8, 4) is 0 Å². The standard InChI is InChI=1S/C12H14N4O2S3/c1-3-4-13-8-5-9(16(17)18)7-10(6-8)20-12-15-14-11(19-2)21-12/h5-7,13H,3-4H2,1-2H3. The minimum atomic E-state index is -0.380. The Balaban J connectivity index is 2.24. The lowest BCUT2D eigenvalue weighted by molar-refractivity contribution is -0.385. The van der Waals surface area contributed by atoms with Gasteiger partial charge in [0.1, 0.15) is 0 Å². The number of non-ortho nitro benzene ring substituents is 1. The molecule has 1 N–H and O–H groups in total. The van der Waals surface area contributed by atoms with Crippen LogP contribution in [-0.4, -0.2) is 27.9 Å². The molecule has 0 saturated heterocycles. The molecule has 21 heavy (non-hydrogen) atoms. The van der Waals surface area contributed by atoms with Crippen LogP contribution in [0, 0.1) is 10.1 Å². The van der Waals surface area contributed by atoms with E-state index in [1.165, 1.54) is 34.9 Å². The lowest BCUT2D eigenvalue weighted by Crippen LogP contribution is -2.00. The van der Waals surface area contributed by atoms with Crippen molar-refractivity contribution in [2.75, 3.05) is 18.1 Å². The van der Waals surface area contributed by atoms with Crippen LogP contribution in [0.5, 0.6) is 0 Å². The maximum atomic E-state index is 11.0. The van der Waals surface area contributed by atoms with Gasteiger partial charge >= 0.3 is 0 Å². The number of hydrogen-bond acceptors (Lipinski definition) is 8. The highest BCUT2D eigenvalue weighted by Crippen LogP contribution is 2.35. The summed E-state index contributed by atoms with van der Waals surface area (Å²) in [5.41, 5.74) is 0.830. The van der Waals surface area contributed by atoms with E-state index in [1.807, 2.05) is 19.2 Å². The second kappa shape index (κ2) is 7.62. The monoisotopic (exact) mass is 342 g/mol. The van der Waals surface area contributed by atoms with Crippen LogP contribution in [0.4, 0.5) is 11.4 Å². The summed E-state index contributed by atoms with van der Waals surface area (Å²) in [5, 5.41) is 22.3. The van der Waals surface area contributed by atoms with Gasteiger partial charge in [-0.15, -0.1) is 10.2 Å². The Labute approximate surface area is 134 Å². The lowest BCUT2D eigenvalue weighted by atomic mass is 10.2. The van der Waals surface area contributed by atoms with Gasteiger partial charge in [-0.25, -0.2) is 0 Å². The minimum absolute atomic E-state index is 0.0770. The normalized spacial score (nSPS) is 10.6. The van der Waals surface area contributed by atoms with Gasteiger partial charge in [0.25, 0.3) is 5.69 Å². The van der Waals surface area contributed by atoms with Crippen molar-refractivity contribution < 1.29 is 4.92 Å². The van der Waals surface area contributed by atoms with Gasteiger partial charge in [-0.3, -0.25) is 10.1 Å². The summed E-state index contributed by atoms with van der Waals surface area (Å²) < 4.78 is 1.66. The first-order chi connectivity index (χ1) is 10.1. The summed E-state index contributed by atoms with van der Waals surface area (Å²) in [5.74, 6) is 0. The smallest absolute Gasteiger partial charge is 0.272 e. The fraction of sp³-hybridized carbons (Fsp3) is 0.333. The number of hydrogen-bond donors (Lipinski definition) is 1. The molecule has 1 heterocycles. The summed E-state index contributed by atoms with van der Waals surface area (Å²) in [6.07, 6.45) is 2.90. The zero-order valence-electron chi connectivity index (χ0n) is 11.5. The summed E-state index contributed by atoms with van der Waals surface area (Å²) in [6.45, 7) is 2.83. The molecule has 2 rings (SSSR count). The molecule has 6 nitrogen and oxygen atoms in total. The fourth-order valence-corrected chi connectivity index (χ4v) is 4.05. The molecular formula is C12H14N4O2S3. The molecule has 112 valence electrons. The first kappa shape index (κ1) is 16.1. The van der Waals surface area contributed by atoms with Gasteiger partial charge in [0.2, 0.25) is 0 Å². The van der Waals surface area contributed by atoms with Crippen LogP contribution in [-0.2, 0) is 0 Å². The molecule has 0 fully saturated rings. The SMILES string of the molecule is CCCNc1cc(Sc2nnc(SC)s2)cc([N+](=O)[O-])c1. The predicted molar refractivity (Wildman–Crippen MR) is 87.7 cm³/mol. The molecule has 0 saturated carbocycles. The van der Waals surface area contributed by atoms with Crippen LogP contribution in [0.15, 0.2) is 31.8 Å². The quantitative estimate of drug-likeness (QED) is 0.460. The van der Waals surface area contributed by atoms with E-state index in [0.717, 1.165) is 32.2 Å². The van der Waals surface area contributed by atoms with Gasteiger partial charge in [-0.05, 0) is 18.7 Å². The van der Waals surface area contributed by atoms with E-state index in [-0.39, 0.29) is 10.6 Å². The third-order valence-electron chi connectivity index (χ3n) is 2.45. The highest BCUT2D eigenvalue weighted by Gasteiger charge is 2.12. The Bertz CT molecular complexity index is 633. The topological polar surface area (TPSA) is 81.0 Å². The molecule has 0 bridgehead atoms. The Hall–Kier alpha value is -1.32. The summed E-state index contributed by atoms with van der Waals surface area (Å²) in [7, 11) is 0. The first-order valence-corrected chi connectivity index (χ1v) is 9.07. The Kier molecular flexibility index (Phi) is 5.83. The van der Waals surface area contributed by atoms with E-state index < -0.39 is 0 Å². The maximum Gasteiger partial charge on any atom is 0.272 e. The number of nitro groups is 1. The Morgan fingerprint density at radius 3 is 2.71 bits per heavy atom. The molecule has 0 aliphatic heterocycles. The van der Waals surface area contributed by atoms with Gasteiger partial charge in [0, 0.05) is 29.3 Å². The van der Waals surface area contributed by atoms with Crippen molar-refractivity contribution in [3.05, 3.63) is 28.3 Å². The van der Waals surface area contributed by atoms with Gasteiger partial charge in [0.05, 0.1) is 4.92 Å². The van der Waals surface area contributed by atoms with Gasteiger partial charge in [-0.2, -0.15) is 0 Å². The number of thioether (sulfide) groups is 1. The third kappa shape index (κ3) is 4.58. The fourth-order valence-electron chi connectivity index (χ4n) is 1.54. The molecule has 2 aromatic rings. The van der Waals surface area contributed by atoms with Crippen LogP contribution in [0.25, 0.3) is 0 Å². The van der Waals surface area contributed by atoms with Crippen LogP contribution in [0.3, 0.4) is 0 Å². The van der Waals surface area contributed by atoms with E-state index in [0.29, 0.717) is 0 Å². The van der Waals surface area contributed by atoms with E-state index in [1.54, 1.807) is 12.1 Å². The molecular weight excluding hydrogens is 328 g/mol. The molecule has 0 atom stereocenters. The van der Waals surface area contributed by atoms with Crippen molar-refractivity contribution in [1.29, 1.82) is 0 Å².